The molecule has 0 amide bonds. The second-order valence-electron chi connectivity index (χ2n) is 4.16. The Balaban J connectivity index is 2.28. The molecule has 0 spiro atoms. The van der Waals surface area contributed by atoms with Crippen molar-refractivity contribution in [3.63, 3.8) is 0 Å². The molecule has 0 unspecified atom stereocenters. The van der Waals surface area contributed by atoms with E-state index in [2.05, 4.69) is 0 Å². The van der Waals surface area contributed by atoms with Gasteiger partial charge in [0.15, 0.2) is 0 Å². The van der Waals surface area contributed by atoms with Crippen molar-refractivity contribution in [2.24, 2.45) is 5.92 Å². The molecule has 0 radical (unpaired) electrons. The Bertz CT molecular complexity index is 215. The zero-order valence-corrected chi connectivity index (χ0v) is 10.4. The highest BCUT2D eigenvalue weighted by atomic mass is 31.2. The molecule has 4 nitrogen and oxygen atoms in total. The largest absolute Gasteiger partial charge is 0.393 e. The summed E-state index contributed by atoms with van der Waals surface area (Å²) in [6.07, 6.45) is 5.01. The molecule has 90 valence electrons. The van der Waals surface area contributed by atoms with Gasteiger partial charge in [0.25, 0.3) is 0 Å². The molecule has 0 aromatic rings. The molecule has 0 aliphatic heterocycles. The first kappa shape index (κ1) is 13.2. The van der Waals surface area contributed by atoms with Gasteiger partial charge in [-0.05, 0) is 38.0 Å². The van der Waals surface area contributed by atoms with Crippen molar-refractivity contribution in [3.8, 4) is 0 Å². The summed E-state index contributed by atoms with van der Waals surface area (Å²) in [5.41, 5.74) is 0. The van der Waals surface area contributed by atoms with Crippen LogP contribution in [-0.4, -0.2) is 31.6 Å². The Hall–Kier alpha value is 0.110. The summed E-state index contributed by atoms with van der Waals surface area (Å²) in [4.78, 5) is 0. The van der Waals surface area contributed by atoms with Gasteiger partial charge < -0.3 is 14.2 Å². The second kappa shape index (κ2) is 6.00. The van der Waals surface area contributed by atoms with Gasteiger partial charge in [-0.25, -0.2) is 0 Å². The molecule has 0 aromatic carbocycles. The van der Waals surface area contributed by atoms with E-state index in [1.807, 2.05) is 0 Å². The topological polar surface area (TPSA) is 55.8 Å². The highest BCUT2D eigenvalue weighted by Crippen LogP contribution is 2.48. The molecule has 0 bridgehead atoms. The molecule has 1 saturated carbocycles. The van der Waals surface area contributed by atoms with Crippen LogP contribution in [0.4, 0.5) is 0 Å². The second-order valence-corrected chi connectivity index (χ2v) is 6.56. The fourth-order valence-electron chi connectivity index (χ4n) is 2.03. The zero-order chi connectivity index (χ0) is 11.3. The molecule has 15 heavy (non-hydrogen) atoms. The minimum Gasteiger partial charge on any atom is -0.393 e. The van der Waals surface area contributed by atoms with Crippen molar-refractivity contribution >= 4 is 7.60 Å². The Morgan fingerprint density at radius 1 is 1.20 bits per heavy atom. The van der Waals surface area contributed by atoms with Crippen molar-refractivity contribution in [2.45, 2.75) is 38.2 Å². The lowest BCUT2D eigenvalue weighted by Gasteiger charge is -2.26. The maximum atomic E-state index is 11.8. The molecule has 1 N–H and O–H groups in total. The van der Waals surface area contributed by atoms with Crippen LogP contribution in [0, 0.1) is 5.92 Å². The van der Waals surface area contributed by atoms with Crippen LogP contribution < -0.4 is 0 Å². The Morgan fingerprint density at radius 2 is 1.73 bits per heavy atom. The van der Waals surface area contributed by atoms with Crippen molar-refractivity contribution in [2.75, 3.05) is 20.4 Å². The van der Waals surface area contributed by atoms with E-state index in [-0.39, 0.29) is 6.10 Å². The van der Waals surface area contributed by atoms with Crippen LogP contribution in [0.5, 0.6) is 0 Å². The summed E-state index contributed by atoms with van der Waals surface area (Å²) in [6.45, 7) is 0. The van der Waals surface area contributed by atoms with Crippen LogP contribution in [-0.2, 0) is 13.6 Å². The summed E-state index contributed by atoms with van der Waals surface area (Å²) >= 11 is 0. The fourth-order valence-corrected chi connectivity index (χ4v) is 3.23. The predicted octanol–water partition coefficient (Wildman–Crippen LogP) is 2.41. The van der Waals surface area contributed by atoms with Crippen molar-refractivity contribution in [3.05, 3.63) is 0 Å². The third-order valence-corrected chi connectivity index (χ3v) is 5.10. The zero-order valence-electron chi connectivity index (χ0n) is 9.52. The van der Waals surface area contributed by atoms with E-state index in [4.69, 9.17) is 9.05 Å². The molecule has 1 fully saturated rings. The monoisotopic (exact) mass is 236 g/mol. The van der Waals surface area contributed by atoms with E-state index >= 15 is 0 Å². The molecule has 0 atom stereocenters. The maximum absolute atomic E-state index is 11.8. The minimum absolute atomic E-state index is 0.127. The minimum atomic E-state index is -2.83. The Labute approximate surface area is 91.5 Å². The van der Waals surface area contributed by atoms with E-state index in [0.29, 0.717) is 12.1 Å². The lowest BCUT2D eigenvalue weighted by atomic mass is 9.86. The molecular formula is C10H21O4P. The summed E-state index contributed by atoms with van der Waals surface area (Å²) in [5.74, 6) is 0.562. The fraction of sp³-hybridized carbons (Fsp3) is 1.00. The van der Waals surface area contributed by atoms with E-state index < -0.39 is 7.60 Å². The first-order chi connectivity index (χ1) is 7.09. The molecule has 1 rings (SSSR count). The summed E-state index contributed by atoms with van der Waals surface area (Å²) in [5, 5.41) is 9.34. The molecular weight excluding hydrogens is 215 g/mol. The first-order valence-corrected chi connectivity index (χ1v) is 7.21. The molecule has 5 heteroatoms. The summed E-state index contributed by atoms with van der Waals surface area (Å²) in [6, 6.07) is 0. The van der Waals surface area contributed by atoms with Gasteiger partial charge in [-0.1, -0.05) is 0 Å². The van der Waals surface area contributed by atoms with Crippen molar-refractivity contribution in [1.29, 1.82) is 0 Å². The van der Waals surface area contributed by atoms with Crippen molar-refractivity contribution < 1.29 is 18.7 Å². The molecule has 0 heterocycles. The standard InChI is InChI=1S/C10H21O4P/c1-13-15(12,14-2)8-7-9-3-5-10(11)6-4-9/h9-11H,3-8H2,1-2H3. The predicted molar refractivity (Wildman–Crippen MR) is 59.1 cm³/mol. The SMILES string of the molecule is COP(=O)(CCC1CCC(O)CC1)OC. The van der Waals surface area contributed by atoms with Crippen LogP contribution in [0.3, 0.4) is 0 Å². The number of hydrogen-bond donors (Lipinski definition) is 1. The third-order valence-electron chi connectivity index (χ3n) is 3.18. The van der Waals surface area contributed by atoms with Crippen LogP contribution in [0.1, 0.15) is 32.1 Å². The van der Waals surface area contributed by atoms with Crippen molar-refractivity contribution in [1.82, 2.24) is 0 Å². The highest BCUT2D eigenvalue weighted by molar-refractivity contribution is 7.53. The Kier molecular flexibility index (Phi) is 5.27. The highest BCUT2D eigenvalue weighted by Gasteiger charge is 2.25. The normalized spacial score (nSPS) is 27.9. The van der Waals surface area contributed by atoms with Gasteiger partial charge in [-0.15, -0.1) is 0 Å². The van der Waals surface area contributed by atoms with E-state index in [1.54, 1.807) is 0 Å². The van der Waals surface area contributed by atoms with Gasteiger partial charge in [-0.3, -0.25) is 4.57 Å². The lowest BCUT2D eigenvalue weighted by Crippen LogP contribution is -2.19. The van der Waals surface area contributed by atoms with E-state index in [0.717, 1.165) is 32.1 Å². The number of hydrogen-bond acceptors (Lipinski definition) is 4. The van der Waals surface area contributed by atoms with Gasteiger partial charge in [0.2, 0.25) is 0 Å². The van der Waals surface area contributed by atoms with Crippen LogP contribution in [0.15, 0.2) is 0 Å². The molecule has 0 saturated heterocycles. The van der Waals surface area contributed by atoms with E-state index in [9.17, 15) is 9.67 Å². The average Bonchev–Trinajstić information content (AvgIpc) is 2.28. The van der Waals surface area contributed by atoms with Gasteiger partial charge in [-0.2, -0.15) is 0 Å². The molecule has 1 aliphatic rings. The molecule has 1 aliphatic carbocycles. The summed E-state index contributed by atoms with van der Waals surface area (Å²) < 4.78 is 21.5. The van der Waals surface area contributed by atoms with Gasteiger partial charge in [0.05, 0.1) is 12.3 Å². The quantitative estimate of drug-likeness (QED) is 0.745. The maximum Gasteiger partial charge on any atom is 0.330 e. The molecule has 0 aromatic heterocycles. The summed E-state index contributed by atoms with van der Waals surface area (Å²) in [7, 11) is 0.0255. The Morgan fingerprint density at radius 3 is 2.20 bits per heavy atom. The smallest absolute Gasteiger partial charge is 0.330 e. The number of aliphatic hydroxyl groups excluding tert-OH is 1. The van der Waals surface area contributed by atoms with Crippen LogP contribution in [0.25, 0.3) is 0 Å². The average molecular weight is 236 g/mol. The van der Waals surface area contributed by atoms with Crippen LogP contribution >= 0.6 is 7.60 Å². The third kappa shape index (κ3) is 4.23. The number of aliphatic hydroxyl groups is 1. The van der Waals surface area contributed by atoms with Gasteiger partial charge >= 0.3 is 7.60 Å². The van der Waals surface area contributed by atoms with Gasteiger partial charge in [0, 0.05) is 14.2 Å². The lowest BCUT2D eigenvalue weighted by molar-refractivity contribution is 0.107. The van der Waals surface area contributed by atoms with Crippen LogP contribution in [0.2, 0.25) is 0 Å². The first-order valence-electron chi connectivity index (χ1n) is 5.48. The van der Waals surface area contributed by atoms with Gasteiger partial charge in [0.1, 0.15) is 0 Å². The van der Waals surface area contributed by atoms with E-state index in [1.165, 1.54) is 14.2 Å². The number of rotatable bonds is 5.